The van der Waals surface area contributed by atoms with Crippen LogP contribution in [-0.2, 0) is 9.59 Å². The molecule has 4 amide bonds. The van der Waals surface area contributed by atoms with Gasteiger partial charge in [-0.2, -0.15) is 0 Å². The monoisotopic (exact) mass is 386 g/mol. The van der Waals surface area contributed by atoms with Crippen LogP contribution in [0.15, 0.2) is 58.6 Å². The Morgan fingerprint density at radius 1 is 1.04 bits per heavy atom. The number of benzene rings is 2. The van der Waals surface area contributed by atoms with E-state index in [1.54, 1.807) is 42.5 Å². The van der Waals surface area contributed by atoms with E-state index in [0.717, 1.165) is 4.90 Å². The molecule has 24 heavy (non-hydrogen) atoms. The highest BCUT2D eigenvalue weighted by atomic mass is 79.9. The van der Waals surface area contributed by atoms with Gasteiger partial charge >= 0.3 is 6.03 Å². The summed E-state index contributed by atoms with van der Waals surface area (Å²) >= 11 is 3.27. The largest absolute Gasteiger partial charge is 0.507 e. The van der Waals surface area contributed by atoms with Crippen molar-refractivity contribution in [3.8, 4) is 5.75 Å². The number of phenols is 1. The maximum atomic E-state index is 12.7. The van der Waals surface area contributed by atoms with Gasteiger partial charge in [0.15, 0.2) is 0 Å². The molecule has 1 saturated heterocycles. The average Bonchev–Trinajstić information content (AvgIpc) is 2.53. The molecule has 0 spiro atoms. The molecule has 120 valence electrons. The molecule has 2 aromatic carbocycles. The van der Waals surface area contributed by atoms with Crippen LogP contribution in [0.4, 0.5) is 10.5 Å². The molecule has 2 N–H and O–H groups in total. The summed E-state index contributed by atoms with van der Waals surface area (Å²) in [5, 5.41) is 11.9. The van der Waals surface area contributed by atoms with Crippen molar-refractivity contribution in [2.75, 3.05) is 4.90 Å². The van der Waals surface area contributed by atoms with Crippen molar-refractivity contribution in [3.05, 3.63) is 64.1 Å². The molecule has 1 fully saturated rings. The van der Waals surface area contributed by atoms with Gasteiger partial charge in [-0.1, -0.05) is 40.2 Å². The zero-order valence-corrected chi connectivity index (χ0v) is 13.8. The van der Waals surface area contributed by atoms with Crippen LogP contribution < -0.4 is 10.2 Å². The summed E-state index contributed by atoms with van der Waals surface area (Å²) < 4.78 is 0.684. The molecule has 0 aliphatic carbocycles. The quantitative estimate of drug-likeness (QED) is 0.613. The minimum Gasteiger partial charge on any atom is -0.507 e. The van der Waals surface area contributed by atoms with Gasteiger partial charge < -0.3 is 5.11 Å². The maximum absolute atomic E-state index is 12.7. The Bertz CT molecular complexity index is 892. The van der Waals surface area contributed by atoms with Gasteiger partial charge in [-0.3, -0.25) is 14.9 Å². The fourth-order valence-electron chi connectivity index (χ4n) is 2.27. The maximum Gasteiger partial charge on any atom is 0.335 e. The number of barbiturate groups is 1. The Balaban J connectivity index is 2.05. The van der Waals surface area contributed by atoms with E-state index in [9.17, 15) is 19.5 Å². The summed E-state index contributed by atoms with van der Waals surface area (Å²) in [5.41, 5.74) is 0.387. The van der Waals surface area contributed by atoms with Crippen LogP contribution in [0, 0.1) is 0 Å². The number of amides is 4. The number of anilines is 1. The third-order valence-corrected chi connectivity index (χ3v) is 3.90. The Hall–Kier alpha value is -2.93. The molecule has 7 heteroatoms. The standard InChI is InChI=1S/C17H11BrN2O4/c18-11-5-3-6-12(9-11)20-16(23)13(15(22)19-17(20)24)8-10-4-1-2-7-14(10)21/h1-9,21H,(H,19,22,24)/b13-8+. The zero-order valence-electron chi connectivity index (χ0n) is 12.2. The fraction of sp³-hybridized carbons (Fsp3) is 0. The first-order chi connectivity index (χ1) is 11.5. The Labute approximate surface area is 145 Å². The van der Waals surface area contributed by atoms with E-state index < -0.39 is 17.8 Å². The molecule has 0 unspecified atom stereocenters. The molecule has 0 radical (unpaired) electrons. The number of nitrogens with one attached hydrogen (secondary N) is 1. The van der Waals surface area contributed by atoms with Crippen LogP contribution in [0.2, 0.25) is 0 Å². The number of carbonyl (C=O) groups is 3. The van der Waals surface area contributed by atoms with Crippen LogP contribution in [-0.4, -0.2) is 23.0 Å². The van der Waals surface area contributed by atoms with Gasteiger partial charge in [-0.15, -0.1) is 0 Å². The Morgan fingerprint density at radius 2 is 1.79 bits per heavy atom. The highest BCUT2D eigenvalue weighted by Gasteiger charge is 2.36. The third kappa shape index (κ3) is 2.93. The van der Waals surface area contributed by atoms with Gasteiger partial charge in [-0.05, 0) is 30.3 Å². The van der Waals surface area contributed by atoms with Gasteiger partial charge in [0.1, 0.15) is 11.3 Å². The highest BCUT2D eigenvalue weighted by molar-refractivity contribution is 9.10. The van der Waals surface area contributed by atoms with E-state index in [4.69, 9.17) is 0 Å². The van der Waals surface area contributed by atoms with Crippen molar-refractivity contribution in [2.24, 2.45) is 0 Å². The Morgan fingerprint density at radius 3 is 2.50 bits per heavy atom. The lowest BCUT2D eigenvalue weighted by atomic mass is 10.1. The molecule has 1 heterocycles. The average molecular weight is 387 g/mol. The molecule has 1 aliphatic heterocycles. The van der Waals surface area contributed by atoms with Crippen LogP contribution >= 0.6 is 15.9 Å². The van der Waals surface area contributed by atoms with Crippen molar-refractivity contribution in [1.82, 2.24) is 5.32 Å². The predicted molar refractivity (Wildman–Crippen MR) is 91.3 cm³/mol. The molecule has 0 bridgehead atoms. The van der Waals surface area contributed by atoms with Crippen LogP contribution in [0.1, 0.15) is 5.56 Å². The Kier molecular flexibility index (Phi) is 4.18. The van der Waals surface area contributed by atoms with E-state index in [2.05, 4.69) is 21.2 Å². The number of urea groups is 1. The molecular formula is C17H11BrN2O4. The lowest BCUT2D eigenvalue weighted by molar-refractivity contribution is -0.122. The molecule has 0 aromatic heterocycles. The number of hydrogen-bond donors (Lipinski definition) is 2. The summed E-state index contributed by atoms with van der Waals surface area (Å²) in [5.74, 6) is -1.64. The first kappa shape index (κ1) is 15.9. The van der Waals surface area contributed by atoms with Crippen molar-refractivity contribution < 1.29 is 19.5 Å². The van der Waals surface area contributed by atoms with Crippen molar-refractivity contribution in [2.45, 2.75) is 0 Å². The van der Waals surface area contributed by atoms with Gasteiger partial charge in [0.05, 0.1) is 5.69 Å². The van der Waals surface area contributed by atoms with Crippen molar-refractivity contribution in [3.63, 3.8) is 0 Å². The van der Waals surface area contributed by atoms with E-state index in [1.165, 1.54) is 12.1 Å². The minimum atomic E-state index is -0.822. The first-order valence-corrected chi connectivity index (χ1v) is 7.71. The van der Waals surface area contributed by atoms with Crippen LogP contribution in [0.3, 0.4) is 0 Å². The zero-order chi connectivity index (χ0) is 17.3. The number of hydrogen-bond acceptors (Lipinski definition) is 4. The number of aromatic hydroxyl groups is 1. The lowest BCUT2D eigenvalue weighted by Gasteiger charge is -2.26. The number of halogens is 1. The number of nitrogens with zero attached hydrogens (tertiary/aromatic N) is 1. The van der Waals surface area contributed by atoms with Gasteiger partial charge in [0.25, 0.3) is 11.8 Å². The van der Waals surface area contributed by atoms with Crippen molar-refractivity contribution >= 4 is 45.5 Å². The van der Waals surface area contributed by atoms with E-state index >= 15 is 0 Å². The lowest BCUT2D eigenvalue weighted by Crippen LogP contribution is -2.54. The number of carbonyl (C=O) groups excluding carboxylic acids is 3. The molecule has 0 saturated carbocycles. The molecule has 3 rings (SSSR count). The molecule has 0 atom stereocenters. The molecule has 6 nitrogen and oxygen atoms in total. The highest BCUT2D eigenvalue weighted by Crippen LogP contribution is 2.26. The first-order valence-electron chi connectivity index (χ1n) is 6.92. The number of para-hydroxylation sites is 1. The third-order valence-electron chi connectivity index (χ3n) is 3.40. The van der Waals surface area contributed by atoms with E-state index in [0.29, 0.717) is 15.7 Å². The second-order valence-corrected chi connectivity index (χ2v) is 5.91. The predicted octanol–water partition coefficient (Wildman–Crippen LogP) is 2.82. The van der Waals surface area contributed by atoms with Gasteiger partial charge in [0, 0.05) is 10.0 Å². The number of phenolic OH excluding ortho intramolecular Hbond substituents is 1. The summed E-state index contributed by atoms with van der Waals surface area (Å²) in [4.78, 5) is 37.6. The number of imide groups is 2. The topological polar surface area (TPSA) is 86.7 Å². The van der Waals surface area contributed by atoms with E-state index in [-0.39, 0.29) is 11.3 Å². The smallest absolute Gasteiger partial charge is 0.335 e. The van der Waals surface area contributed by atoms with Crippen LogP contribution in [0.5, 0.6) is 5.75 Å². The van der Waals surface area contributed by atoms with Crippen molar-refractivity contribution in [1.29, 1.82) is 0 Å². The fourth-order valence-corrected chi connectivity index (χ4v) is 2.66. The summed E-state index contributed by atoms with van der Waals surface area (Å²) in [6.45, 7) is 0. The van der Waals surface area contributed by atoms with Crippen LogP contribution in [0.25, 0.3) is 6.08 Å². The van der Waals surface area contributed by atoms with Gasteiger partial charge in [0.2, 0.25) is 0 Å². The van der Waals surface area contributed by atoms with Gasteiger partial charge in [-0.25, -0.2) is 9.69 Å². The SMILES string of the molecule is O=C1NC(=O)N(c2cccc(Br)c2)C(=O)/C1=C/c1ccccc1O. The summed E-state index contributed by atoms with van der Waals surface area (Å²) in [7, 11) is 0. The molecule has 1 aliphatic rings. The molecule has 2 aromatic rings. The minimum absolute atomic E-state index is 0.0727. The second-order valence-electron chi connectivity index (χ2n) is 5.00. The second kappa shape index (κ2) is 6.29. The summed E-state index contributed by atoms with van der Waals surface area (Å²) in [6.07, 6.45) is 1.25. The normalized spacial score (nSPS) is 16.5. The van der Waals surface area contributed by atoms with E-state index in [1.807, 2.05) is 0 Å². The number of rotatable bonds is 2. The molecular weight excluding hydrogens is 376 g/mol. The summed E-state index contributed by atoms with van der Waals surface area (Å²) in [6, 6.07) is 12.0.